The number of amides is 1. The molecule has 5 nitrogen and oxygen atoms in total. The molecule has 118 valence electrons. The predicted molar refractivity (Wildman–Crippen MR) is 89.9 cm³/mol. The zero-order chi connectivity index (χ0) is 16.0. The minimum absolute atomic E-state index is 0.0506. The predicted octanol–water partition coefficient (Wildman–Crippen LogP) is 1.75. The van der Waals surface area contributed by atoms with Gasteiger partial charge in [0.1, 0.15) is 0 Å². The number of benzene rings is 1. The fourth-order valence-corrected chi connectivity index (χ4v) is 2.19. The van der Waals surface area contributed by atoms with E-state index >= 15 is 0 Å². The van der Waals surface area contributed by atoms with Crippen LogP contribution in [0.1, 0.15) is 23.7 Å². The average Bonchev–Trinajstić information content (AvgIpc) is 2.42. The highest BCUT2D eigenvalue weighted by Gasteiger charge is 2.19. The van der Waals surface area contributed by atoms with Crippen LogP contribution in [0.3, 0.4) is 0 Å². The van der Waals surface area contributed by atoms with Crippen molar-refractivity contribution in [2.24, 2.45) is 0 Å². The van der Waals surface area contributed by atoms with Crippen molar-refractivity contribution in [3.63, 3.8) is 0 Å². The van der Waals surface area contributed by atoms with Crippen LogP contribution in [0.15, 0.2) is 18.2 Å². The third-order valence-corrected chi connectivity index (χ3v) is 3.33. The van der Waals surface area contributed by atoms with Gasteiger partial charge in [-0.25, -0.2) is 0 Å². The molecule has 21 heavy (non-hydrogen) atoms. The number of rotatable bonds is 7. The summed E-state index contributed by atoms with van der Waals surface area (Å²) in [5.74, 6) is 0.0506. The molecular weight excluding hydrogens is 264 g/mol. The van der Waals surface area contributed by atoms with Crippen molar-refractivity contribution in [3.05, 3.63) is 23.8 Å². The lowest BCUT2D eigenvalue weighted by atomic mass is 10.1. The Hall–Kier alpha value is -1.75. The lowest BCUT2D eigenvalue weighted by Crippen LogP contribution is -2.37. The zero-order valence-corrected chi connectivity index (χ0v) is 13.9. The van der Waals surface area contributed by atoms with E-state index in [9.17, 15) is 4.79 Å². The molecule has 1 aromatic rings. The summed E-state index contributed by atoms with van der Waals surface area (Å²) in [6.45, 7) is 4.42. The van der Waals surface area contributed by atoms with Crippen LogP contribution >= 0.6 is 0 Å². The second-order valence-corrected chi connectivity index (χ2v) is 5.77. The summed E-state index contributed by atoms with van der Waals surface area (Å²) in [5.41, 5.74) is 8.06. The van der Waals surface area contributed by atoms with E-state index in [4.69, 9.17) is 5.73 Å². The number of hydrogen-bond acceptors (Lipinski definition) is 4. The van der Waals surface area contributed by atoms with E-state index in [2.05, 4.69) is 11.8 Å². The molecule has 2 N–H and O–H groups in total. The first-order chi connectivity index (χ1) is 9.86. The van der Waals surface area contributed by atoms with Gasteiger partial charge in [0, 0.05) is 45.1 Å². The Morgan fingerprint density at radius 1 is 1.10 bits per heavy atom. The third-order valence-electron chi connectivity index (χ3n) is 3.33. The van der Waals surface area contributed by atoms with Gasteiger partial charge in [-0.1, -0.05) is 6.92 Å². The molecule has 1 rings (SSSR count). The lowest BCUT2D eigenvalue weighted by Gasteiger charge is -2.26. The van der Waals surface area contributed by atoms with Gasteiger partial charge in [-0.3, -0.25) is 4.79 Å². The number of nitrogens with zero attached hydrogens (tertiary/aromatic N) is 3. The third kappa shape index (κ3) is 4.93. The van der Waals surface area contributed by atoms with E-state index in [1.807, 2.05) is 50.1 Å². The standard InChI is InChI=1S/C16H28N4O/c1-6-9-20(11-10-18(2)3)16(21)14-12-13(17)7-8-15(14)19(4)5/h7-8,12H,6,9-11,17H2,1-5H3. The van der Waals surface area contributed by atoms with Crippen LogP contribution in [0.25, 0.3) is 0 Å². The van der Waals surface area contributed by atoms with Crippen molar-refractivity contribution in [2.75, 3.05) is 58.5 Å². The van der Waals surface area contributed by atoms with Gasteiger partial charge < -0.3 is 20.4 Å². The Morgan fingerprint density at radius 2 is 1.76 bits per heavy atom. The topological polar surface area (TPSA) is 52.8 Å². The van der Waals surface area contributed by atoms with Gasteiger partial charge in [-0.15, -0.1) is 0 Å². The SMILES string of the molecule is CCCN(CCN(C)C)C(=O)c1cc(N)ccc1N(C)C. The molecule has 1 aromatic carbocycles. The summed E-state index contributed by atoms with van der Waals surface area (Å²) in [4.78, 5) is 18.8. The normalized spacial score (nSPS) is 10.8. The zero-order valence-electron chi connectivity index (χ0n) is 13.9. The Bertz CT molecular complexity index is 471. The van der Waals surface area contributed by atoms with E-state index in [-0.39, 0.29) is 5.91 Å². The number of carbonyl (C=O) groups is 1. The van der Waals surface area contributed by atoms with Gasteiger partial charge in [0.25, 0.3) is 5.91 Å². The first-order valence-corrected chi connectivity index (χ1v) is 7.37. The van der Waals surface area contributed by atoms with Crippen LogP contribution in [0.4, 0.5) is 11.4 Å². The molecule has 0 atom stereocenters. The molecule has 0 aliphatic heterocycles. The van der Waals surface area contributed by atoms with Gasteiger partial charge in [0.2, 0.25) is 0 Å². The van der Waals surface area contributed by atoms with Crippen molar-refractivity contribution in [1.82, 2.24) is 9.80 Å². The fourth-order valence-electron chi connectivity index (χ4n) is 2.19. The molecule has 5 heteroatoms. The lowest BCUT2D eigenvalue weighted by molar-refractivity contribution is 0.0745. The molecule has 0 bridgehead atoms. The van der Waals surface area contributed by atoms with E-state index in [0.29, 0.717) is 11.3 Å². The highest BCUT2D eigenvalue weighted by molar-refractivity contribution is 6.00. The highest BCUT2D eigenvalue weighted by atomic mass is 16.2. The van der Waals surface area contributed by atoms with Crippen LogP contribution in [0.2, 0.25) is 0 Å². The molecule has 0 saturated heterocycles. The maximum Gasteiger partial charge on any atom is 0.256 e. The largest absolute Gasteiger partial charge is 0.399 e. The maximum absolute atomic E-state index is 12.9. The molecule has 0 radical (unpaired) electrons. The molecule has 1 amide bonds. The van der Waals surface area contributed by atoms with Crippen molar-refractivity contribution in [1.29, 1.82) is 0 Å². The van der Waals surface area contributed by atoms with E-state index < -0.39 is 0 Å². The minimum atomic E-state index is 0.0506. The van der Waals surface area contributed by atoms with Crippen LogP contribution < -0.4 is 10.6 Å². The van der Waals surface area contributed by atoms with Crippen LogP contribution in [0.5, 0.6) is 0 Å². The van der Waals surface area contributed by atoms with Gasteiger partial charge in [-0.2, -0.15) is 0 Å². The smallest absolute Gasteiger partial charge is 0.256 e. The molecular formula is C16H28N4O. The van der Waals surface area contributed by atoms with Crippen molar-refractivity contribution in [2.45, 2.75) is 13.3 Å². The average molecular weight is 292 g/mol. The molecule has 0 aliphatic rings. The van der Waals surface area contributed by atoms with Crippen molar-refractivity contribution >= 4 is 17.3 Å². The summed E-state index contributed by atoms with van der Waals surface area (Å²) in [6.07, 6.45) is 0.943. The van der Waals surface area contributed by atoms with Crippen molar-refractivity contribution in [3.8, 4) is 0 Å². The Labute approximate surface area is 128 Å². The molecule has 0 aromatic heterocycles. The van der Waals surface area contributed by atoms with E-state index in [0.717, 1.165) is 31.7 Å². The maximum atomic E-state index is 12.9. The number of anilines is 2. The van der Waals surface area contributed by atoms with Crippen molar-refractivity contribution < 1.29 is 4.79 Å². The molecule has 0 heterocycles. The van der Waals surface area contributed by atoms with Crippen LogP contribution in [-0.4, -0.2) is 63.5 Å². The first-order valence-electron chi connectivity index (χ1n) is 7.37. The Balaban J connectivity index is 3.04. The Morgan fingerprint density at radius 3 is 2.29 bits per heavy atom. The number of likely N-dealkylation sites (N-methyl/N-ethyl adjacent to an activating group) is 1. The highest BCUT2D eigenvalue weighted by Crippen LogP contribution is 2.23. The number of nitrogens with two attached hydrogens (primary N) is 1. The summed E-state index contributed by atoms with van der Waals surface area (Å²) in [7, 11) is 7.90. The molecule has 0 fully saturated rings. The number of hydrogen-bond donors (Lipinski definition) is 1. The Kier molecular flexibility index (Phi) is 6.49. The summed E-state index contributed by atoms with van der Waals surface area (Å²) < 4.78 is 0. The second-order valence-electron chi connectivity index (χ2n) is 5.77. The monoisotopic (exact) mass is 292 g/mol. The number of carbonyl (C=O) groups excluding carboxylic acids is 1. The van der Waals surface area contributed by atoms with Crippen LogP contribution in [-0.2, 0) is 0 Å². The molecule has 0 aliphatic carbocycles. The minimum Gasteiger partial charge on any atom is -0.399 e. The number of nitrogen functional groups attached to an aromatic ring is 1. The van der Waals surface area contributed by atoms with E-state index in [1.165, 1.54) is 0 Å². The molecule has 0 unspecified atom stereocenters. The first kappa shape index (κ1) is 17.3. The van der Waals surface area contributed by atoms with E-state index in [1.54, 1.807) is 6.07 Å². The van der Waals surface area contributed by atoms with Crippen LogP contribution in [0, 0.1) is 0 Å². The molecule has 0 saturated carbocycles. The summed E-state index contributed by atoms with van der Waals surface area (Å²) in [6, 6.07) is 5.50. The van der Waals surface area contributed by atoms with Gasteiger partial charge in [0.15, 0.2) is 0 Å². The van der Waals surface area contributed by atoms with Gasteiger partial charge in [-0.05, 0) is 38.7 Å². The quantitative estimate of drug-likeness (QED) is 0.778. The molecule has 0 spiro atoms. The van der Waals surface area contributed by atoms with Gasteiger partial charge >= 0.3 is 0 Å². The summed E-state index contributed by atoms with van der Waals surface area (Å²) in [5, 5.41) is 0. The summed E-state index contributed by atoms with van der Waals surface area (Å²) >= 11 is 0. The van der Waals surface area contributed by atoms with Gasteiger partial charge in [0.05, 0.1) is 5.56 Å². The second kappa shape index (κ2) is 7.88. The fraction of sp³-hybridized carbons (Fsp3) is 0.562.